The van der Waals surface area contributed by atoms with Crippen molar-refractivity contribution in [2.75, 3.05) is 6.61 Å². The first kappa shape index (κ1) is 14.3. The molecule has 19 heavy (non-hydrogen) atoms. The fourth-order valence-corrected chi connectivity index (χ4v) is 2.59. The van der Waals surface area contributed by atoms with Crippen LogP contribution in [-0.2, 0) is 0 Å². The van der Waals surface area contributed by atoms with E-state index >= 15 is 0 Å². The monoisotopic (exact) mass is 288 g/mol. The quantitative estimate of drug-likeness (QED) is 0.770. The molecule has 1 aliphatic carbocycles. The molecular formula is C14H15ClF2O2. The van der Waals surface area contributed by atoms with E-state index in [0.717, 1.165) is 6.42 Å². The Morgan fingerprint density at radius 3 is 2.95 bits per heavy atom. The molecule has 104 valence electrons. The van der Waals surface area contributed by atoms with Crippen LogP contribution >= 0.6 is 11.6 Å². The van der Waals surface area contributed by atoms with Crippen molar-refractivity contribution in [2.45, 2.75) is 31.6 Å². The summed E-state index contributed by atoms with van der Waals surface area (Å²) in [6, 6.07) is 4.88. The van der Waals surface area contributed by atoms with Crippen LogP contribution in [-0.4, -0.2) is 18.8 Å². The molecule has 0 spiro atoms. The second-order valence-electron chi connectivity index (χ2n) is 4.90. The molecule has 2 rings (SSSR count). The maximum atomic E-state index is 13.3. The van der Waals surface area contributed by atoms with Gasteiger partial charge in [-0.3, -0.25) is 4.79 Å². The molecule has 1 aromatic rings. The first-order valence-corrected chi connectivity index (χ1v) is 6.64. The largest absolute Gasteiger partial charge is 0.492 e. The summed E-state index contributed by atoms with van der Waals surface area (Å²) in [5.74, 6) is -2.41. The highest BCUT2D eigenvalue weighted by Crippen LogP contribution is 2.37. The summed E-state index contributed by atoms with van der Waals surface area (Å²) in [5, 5.41) is 0.307. The molecule has 1 aliphatic rings. The van der Waals surface area contributed by atoms with Crippen molar-refractivity contribution in [3.8, 4) is 5.75 Å². The van der Waals surface area contributed by atoms with E-state index in [4.69, 9.17) is 16.3 Å². The Morgan fingerprint density at radius 1 is 1.47 bits per heavy atom. The molecule has 0 bridgehead atoms. The summed E-state index contributed by atoms with van der Waals surface area (Å²) >= 11 is 5.87. The lowest BCUT2D eigenvalue weighted by atomic mass is 9.87. The highest BCUT2D eigenvalue weighted by Gasteiger charge is 2.36. The lowest BCUT2D eigenvalue weighted by Gasteiger charge is -2.28. The van der Waals surface area contributed by atoms with Gasteiger partial charge in [-0.05, 0) is 30.9 Å². The molecular weight excluding hydrogens is 274 g/mol. The summed E-state index contributed by atoms with van der Waals surface area (Å²) in [6.45, 7) is 0.191. The summed E-state index contributed by atoms with van der Waals surface area (Å²) < 4.78 is 32.0. The highest BCUT2D eigenvalue weighted by molar-refractivity contribution is 6.33. The van der Waals surface area contributed by atoms with E-state index in [1.165, 1.54) is 0 Å². The zero-order valence-electron chi connectivity index (χ0n) is 10.4. The van der Waals surface area contributed by atoms with E-state index in [9.17, 15) is 13.6 Å². The van der Waals surface area contributed by atoms with Gasteiger partial charge in [-0.1, -0.05) is 17.7 Å². The molecule has 5 heteroatoms. The number of carbonyl (C=O) groups is 1. The van der Waals surface area contributed by atoms with Gasteiger partial charge in [0.15, 0.2) is 6.29 Å². The number of hydrogen-bond donors (Lipinski definition) is 0. The molecule has 1 aromatic carbocycles. The Morgan fingerprint density at radius 2 is 2.26 bits per heavy atom. The van der Waals surface area contributed by atoms with E-state index < -0.39 is 5.92 Å². The summed E-state index contributed by atoms with van der Waals surface area (Å²) in [5.41, 5.74) is 0.270. The molecule has 1 unspecified atom stereocenters. The Hall–Kier alpha value is -1.16. The minimum Gasteiger partial charge on any atom is -0.492 e. The van der Waals surface area contributed by atoms with Gasteiger partial charge in [-0.2, -0.15) is 0 Å². The average Bonchev–Trinajstić information content (AvgIpc) is 2.35. The van der Waals surface area contributed by atoms with Crippen molar-refractivity contribution >= 4 is 17.9 Å². The van der Waals surface area contributed by atoms with Crippen LogP contribution in [0.25, 0.3) is 0 Å². The van der Waals surface area contributed by atoms with E-state index in [2.05, 4.69) is 0 Å². The predicted molar refractivity (Wildman–Crippen MR) is 69.2 cm³/mol. The van der Waals surface area contributed by atoms with Crippen LogP contribution in [0.5, 0.6) is 5.75 Å². The molecule has 1 fully saturated rings. The van der Waals surface area contributed by atoms with Gasteiger partial charge >= 0.3 is 0 Å². The molecule has 0 saturated heterocycles. The van der Waals surface area contributed by atoms with E-state index in [1.54, 1.807) is 18.2 Å². The molecule has 2 nitrogen and oxygen atoms in total. The van der Waals surface area contributed by atoms with Crippen LogP contribution in [0.3, 0.4) is 0 Å². The van der Waals surface area contributed by atoms with Crippen LogP contribution in [0.15, 0.2) is 18.2 Å². The van der Waals surface area contributed by atoms with Gasteiger partial charge in [-0.15, -0.1) is 0 Å². The Balaban J connectivity index is 1.99. The zero-order chi connectivity index (χ0) is 13.9. The second-order valence-corrected chi connectivity index (χ2v) is 5.31. The normalized spacial score (nSPS) is 21.9. The number of ether oxygens (including phenoxy) is 1. The number of hydrogen-bond acceptors (Lipinski definition) is 2. The zero-order valence-corrected chi connectivity index (χ0v) is 11.1. The number of rotatable bonds is 4. The third-order valence-corrected chi connectivity index (χ3v) is 3.68. The molecule has 1 atom stereocenters. The number of benzene rings is 1. The third kappa shape index (κ3) is 3.66. The maximum Gasteiger partial charge on any atom is 0.248 e. The molecule has 0 aromatic heterocycles. The fraction of sp³-hybridized carbons (Fsp3) is 0.500. The van der Waals surface area contributed by atoms with Crippen molar-refractivity contribution in [3.05, 3.63) is 28.8 Å². The summed E-state index contributed by atoms with van der Waals surface area (Å²) in [7, 11) is 0. The van der Waals surface area contributed by atoms with Gasteiger partial charge in [0.05, 0.1) is 17.2 Å². The first-order valence-electron chi connectivity index (χ1n) is 6.26. The number of aldehydes is 1. The second kappa shape index (κ2) is 5.87. The minimum absolute atomic E-state index is 0.0414. The van der Waals surface area contributed by atoms with Crippen LogP contribution < -0.4 is 4.74 Å². The SMILES string of the molecule is O=Cc1c(Cl)cccc1OCC1CCCC(F)(F)C1. The van der Waals surface area contributed by atoms with Gasteiger partial charge in [0.25, 0.3) is 0 Å². The number of halogens is 3. The van der Waals surface area contributed by atoms with E-state index in [1.807, 2.05) is 0 Å². The van der Waals surface area contributed by atoms with Gasteiger partial charge < -0.3 is 4.74 Å². The predicted octanol–water partition coefficient (Wildman–Crippen LogP) is 4.36. The van der Waals surface area contributed by atoms with E-state index in [-0.39, 0.29) is 30.9 Å². The molecule has 0 N–H and O–H groups in total. The topological polar surface area (TPSA) is 26.3 Å². The van der Waals surface area contributed by atoms with Gasteiger partial charge in [0.2, 0.25) is 5.92 Å². The maximum absolute atomic E-state index is 13.3. The molecule has 0 heterocycles. The van der Waals surface area contributed by atoms with Gasteiger partial charge in [0, 0.05) is 12.8 Å². The lowest BCUT2D eigenvalue weighted by Crippen LogP contribution is -2.29. The molecule has 1 saturated carbocycles. The smallest absolute Gasteiger partial charge is 0.248 e. The van der Waals surface area contributed by atoms with Crippen molar-refractivity contribution in [1.82, 2.24) is 0 Å². The standard InChI is InChI=1S/C14H15ClF2O2/c15-12-4-1-5-13(11(12)8-18)19-9-10-3-2-6-14(16,17)7-10/h1,4-5,8,10H,2-3,6-7,9H2. The number of carbonyl (C=O) groups excluding carboxylic acids is 1. The third-order valence-electron chi connectivity index (χ3n) is 3.35. The molecule has 0 radical (unpaired) electrons. The minimum atomic E-state index is -2.59. The van der Waals surface area contributed by atoms with Crippen molar-refractivity contribution in [3.63, 3.8) is 0 Å². The highest BCUT2D eigenvalue weighted by atomic mass is 35.5. The average molecular weight is 289 g/mol. The molecule has 0 aliphatic heterocycles. The van der Waals surface area contributed by atoms with Gasteiger partial charge in [-0.25, -0.2) is 8.78 Å². The Bertz CT molecular complexity index is 463. The van der Waals surface area contributed by atoms with Crippen molar-refractivity contribution in [2.24, 2.45) is 5.92 Å². The first-order chi connectivity index (χ1) is 9.02. The van der Waals surface area contributed by atoms with Crippen LogP contribution in [0, 0.1) is 5.92 Å². The summed E-state index contributed by atoms with van der Waals surface area (Å²) in [4.78, 5) is 10.9. The number of alkyl halides is 2. The van der Waals surface area contributed by atoms with Crippen molar-refractivity contribution in [1.29, 1.82) is 0 Å². The lowest BCUT2D eigenvalue weighted by molar-refractivity contribution is -0.0585. The van der Waals surface area contributed by atoms with Crippen LogP contribution in [0.4, 0.5) is 8.78 Å². The Labute approximate surface area is 115 Å². The van der Waals surface area contributed by atoms with Crippen molar-refractivity contribution < 1.29 is 18.3 Å². The van der Waals surface area contributed by atoms with Gasteiger partial charge in [0.1, 0.15) is 5.75 Å². The van der Waals surface area contributed by atoms with Crippen LogP contribution in [0.1, 0.15) is 36.0 Å². The van der Waals surface area contributed by atoms with E-state index in [0.29, 0.717) is 23.5 Å². The molecule has 0 amide bonds. The van der Waals surface area contributed by atoms with Crippen LogP contribution in [0.2, 0.25) is 5.02 Å². The summed E-state index contributed by atoms with van der Waals surface area (Å²) in [6.07, 6.45) is 1.67. The fourth-order valence-electron chi connectivity index (χ4n) is 2.38. The Kier molecular flexibility index (Phi) is 4.40.